The zero-order valence-electron chi connectivity index (χ0n) is 18.2. The molecule has 2 aromatic heterocycles. The molecule has 3 heterocycles. The molecule has 0 spiro atoms. The Morgan fingerprint density at radius 1 is 1.18 bits per heavy atom. The summed E-state index contributed by atoms with van der Waals surface area (Å²) < 4.78 is 48.4. The van der Waals surface area contributed by atoms with Crippen LogP contribution in [-0.4, -0.2) is 58.4 Å². The third-order valence-corrected chi connectivity index (χ3v) is 5.58. The van der Waals surface area contributed by atoms with E-state index in [2.05, 4.69) is 9.97 Å². The van der Waals surface area contributed by atoms with E-state index in [4.69, 9.17) is 4.74 Å². The summed E-state index contributed by atoms with van der Waals surface area (Å²) in [6.07, 6.45) is 4.80. The van der Waals surface area contributed by atoms with Gasteiger partial charge in [0.25, 0.3) is 0 Å². The van der Waals surface area contributed by atoms with Gasteiger partial charge in [-0.3, -0.25) is 4.79 Å². The molecule has 1 N–H and O–H groups in total. The van der Waals surface area contributed by atoms with Crippen molar-refractivity contribution in [1.29, 1.82) is 0 Å². The maximum Gasteiger partial charge on any atom is 0.387 e. The average Bonchev–Trinajstić information content (AvgIpc) is 2.81. The molecule has 0 atom stereocenters. The number of ether oxygens (including phenoxy) is 1. The van der Waals surface area contributed by atoms with Gasteiger partial charge in [0, 0.05) is 51.3 Å². The minimum absolute atomic E-state index is 0.0672. The quantitative estimate of drug-likeness (QED) is 0.555. The molecule has 1 aliphatic heterocycles. The predicted octanol–water partition coefficient (Wildman–Crippen LogP) is 2.97. The van der Waals surface area contributed by atoms with Gasteiger partial charge in [-0.25, -0.2) is 19.2 Å². The second kappa shape index (κ2) is 9.57. The van der Waals surface area contributed by atoms with Gasteiger partial charge in [-0.2, -0.15) is 8.78 Å². The maximum absolute atomic E-state index is 15.4. The number of carbonyl (C=O) groups is 1. The first-order valence-corrected chi connectivity index (χ1v) is 10.7. The fourth-order valence-corrected chi connectivity index (χ4v) is 4.14. The second-order valence-electron chi connectivity index (χ2n) is 7.70. The van der Waals surface area contributed by atoms with Gasteiger partial charge in [-0.1, -0.05) is 6.92 Å². The van der Waals surface area contributed by atoms with E-state index < -0.39 is 35.1 Å². The molecule has 0 radical (unpaired) electrons. The van der Waals surface area contributed by atoms with Gasteiger partial charge in [0.05, 0.1) is 10.9 Å². The Labute approximate surface area is 192 Å². The predicted molar refractivity (Wildman–Crippen MR) is 119 cm³/mol. The van der Waals surface area contributed by atoms with Crippen LogP contribution in [0.2, 0.25) is 0 Å². The van der Waals surface area contributed by atoms with Crippen LogP contribution in [0.5, 0.6) is 5.75 Å². The summed E-state index contributed by atoms with van der Waals surface area (Å²) in [5.74, 6) is -2.42. The zero-order valence-corrected chi connectivity index (χ0v) is 18.2. The summed E-state index contributed by atoms with van der Waals surface area (Å²) in [6.45, 7) is 0.0302. The fraction of sp³-hybridized carbons (Fsp3) is 0.364. The minimum Gasteiger partial charge on any atom is -0.477 e. The van der Waals surface area contributed by atoms with E-state index in [1.54, 1.807) is 30.3 Å². The molecule has 0 unspecified atom stereocenters. The first-order chi connectivity index (χ1) is 16.3. The number of benzene rings is 1. The third-order valence-electron chi connectivity index (χ3n) is 5.58. The van der Waals surface area contributed by atoms with Crippen molar-refractivity contribution in [2.24, 2.45) is 0 Å². The summed E-state index contributed by atoms with van der Waals surface area (Å²) in [6, 6.07) is 2.58. The monoisotopic (exact) mass is 477 g/mol. The van der Waals surface area contributed by atoms with Crippen LogP contribution in [0.15, 0.2) is 35.5 Å². The Hall–Kier alpha value is -3.83. The summed E-state index contributed by atoms with van der Waals surface area (Å²) >= 11 is 0. The summed E-state index contributed by atoms with van der Waals surface area (Å²) in [5.41, 5.74) is -1.81. The molecule has 0 saturated carbocycles. The lowest BCUT2D eigenvalue weighted by Gasteiger charge is -2.37. The van der Waals surface area contributed by atoms with E-state index in [0.717, 1.165) is 12.3 Å². The van der Waals surface area contributed by atoms with Gasteiger partial charge >= 0.3 is 12.6 Å². The highest BCUT2D eigenvalue weighted by atomic mass is 19.3. The molecule has 0 bridgehead atoms. The van der Waals surface area contributed by atoms with Crippen LogP contribution < -0.4 is 20.0 Å². The number of hydrogen-bond acceptors (Lipinski definition) is 7. The molecule has 34 heavy (non-hydrogen) atoms. The number of halogens is 3. The van der Waals surface area contributed by atoms with Crippen LogP contribution in [0.4, 0.5) is 24.8 Å². The first-order valence-electron chi connectivity index (χ1n) is 10.7. The summed E-state index contributed by atoms with van der Waals surface area (Å²) in [7, 11) is 0. The van der Waals surface area contributed by atoms with Crippen LogP contribution in [0.3, 0.4) is 0 Å². The van der Waals surface area contributed by atoms with E-state index in [0.29, 0.717) is 25.5 Å². The van der Waals surface area contributed by atoms with Crippen molar-refractivity contribution in [3.8, 4) is 5.75 Å². The molecular weight excluding hydrogens is 455 g/mol. The highest BCUT2D eigenvalue weighted by Gasteiger charge is 2.29. The Morgan fingerprint density at radius 3 is 2.41 bits per heavy atom. The van der Waals surface area contributed by atoms with Crippen molar-refractivity contribution < 1.29 is 27.8 Å². The first kappa shape index (κ1) is 23.3. The molecule has 180 valence electrons. The Kier molecular flexibility index (Phi) is 6.57. The molecule has 1 saturated heterocycles. The second-order valence-corrected chi connectivity index (χ2v) is 7.70. The van der Waals surface area contributed by atoms with Crippen molar-refractivity contribution in [2.45, 2.75) is 26.5 Å². The number of piperazine rings is 1. The van der Waals surface area contributed by atoms with Gasteiger partial charge in [0.15, 0.2) is 11.6 Å². The molecule has 1 aromatic carbocycles. The number of rotatable bonds is 7. The number of hydrogen-bond donors (Lipinski definition) is 1. The highest BCUT2D eigenvalue weighted by Crippen LogP contribution is 2.40. The van der Waals surface area contributed by atoms with E-state index >= 15 is 4.39 Å². The SMILES string of the molecule is CCCn1cc(C(=O)O)c(=O)c2cc(F)c(N3CCN(c4ncccn4)CC3)c(OC(F)F)c21. The molecule has 0 aliphatic carbocycles. The average molecular weight is 477 g/mol. The number of aromatic carboxylic acids is 1. The van der Waals surface area contributed by atoms with Crippen LogP contribution in [-0.2, 0) is 6.54 Å². The summed E-state index contributed by atoms with van der Waals surface area (Å²) in [5, 5.41) is 9.07. The molecule has 0 amide bonds. The molecule has 3 aromatic rings. The number of aryl methyl sites for hydroxylation is 1. The number of alkyl halides is 2. The topological polar surface area (TPSA) is 101 Å². The number of carboxylic acid groups (broad SMARTS) is 1. The number of fused-ring (bicyclic) bond motifs is 1. The van der Waals surface area contributed by atoms with Gasteiger partial charge in [0.2, 0.25) is 11.4 Å². The lowest BCUT2D eigenvalue weighted by molar-refractivity contribution is -0.0488. The number of anilines is 2. The Bertz CT molecular complexity index is 1260. The molecule has 4 rings (SSSR count). The van der Waals surface area contributed by atoms with Gasteiger partial charge in [-0.15, -0.1) is 0 Å². The number of nitrogens with zero attached hydrogens (tertiary/aromatic N) is 5. The molecule has 1 fully saturated rings. The van der Waals surface area contributed by atoms with Crippen LogP contribution >= 0.6 is 0 Å². The standard InChI is InChI=1S/C22H22F3N5O4/c1-2-6-30-12-14(20(32)33)18(31)13-11-15(23)17(19(16(13)30)34-21(24)25)28-7-9-29(10-8-28)22-26-4-3-5-27-22/h3-5,11-12,21H,2,6-10H2,1H3,(H,32,33). The van der Waals surface area contributed by atoms with E-state index in [1.807, 2.05) is 4.90 Å². The van der Waals surface area contributed by atoms with Gasteiger partial charge in [-0.05, 0) is 18.6 Å². The van der Waals surface area contributed by atoms with Crippen molar-refractivity contribution in [2.75, 3.05) is 36.0 Å². The van der Waals surface area contributed by atoms with Crippen LogP contribution in [0.25, 0.3) is 10.9 Å². The summed E-state index contributed by atoms with van der Waals surface area (Å²) in [4.78, 5) is 36.2. The molecule has 1 aliphatic rings. The largest absolute Gasteiger partial charge is 0.477 e. The number of aromatic nitrogens is 3. The van der Waals surface area contributed by atoms with E-state index in [-0.39, 0.29) is 36.2 Å². The third kappa shape index (κ3) is 4.35. The molecular formula is C22H22F3N5O4. The minimum atomic E-state index is -3.29. The maximum atomic E-state index is 15.4. The Morgan fingerprint density at radius 2 is 1.82 bits per heavy atom. The highest BCUT2D eigenvalue weighted by molar-refractivity contribution is 5.97. The van der Waals surface area contributed by atoms with E-state index in [1.165, 1.54) is 4.57 Å². The van der Waals surface area contributed by atoms with Crippen molar-refractivity contribution in [3.05, 3.63) is 52.3 Å². The Balaban J connectivity index is 1.84. The lowest BCUT2D eigenvalue weighted by Crippen LogP contribution is -2.47. The van der Waals surface area contributed by atoms with E-state index in [9.17, 15) is 23.5 Å². The number of pyridine rings is 1. The van der Waals surface area contributed by atoms with Crippen LogP contribution in [0, 0.1) is 5.82 Å². The smallest absolute Gasteiger partial charge is 0.387 e. The van der Waals surface area contributed by atoms with Gasteiger partial charge < -0.3 is 24.2 Å². The fourth-order valence-electron chi connectivity index (χ4n) is 4.14. The zero-order chi connectivity index (χ0) is 24.4. The lowest BCUT2D eigenvalue weighted by atomic mass is 10.1. The number of carboxylic acids is 1. The van der Waals surface area contributed by atoms with Crippen LogP contribution in [0.1, 0.15) is 23.7 Å². The van der Waals surface area contributed by atoms with Crippen molar-refractivity contribution in [1.82, 2.24) is 14.5 Å². The van der Waals surface area contributed by atoms with Gasteiger partial charge in [0.1, 0.15) is 11.3 Å². The normalized spacial score (nSPS) is 14.1. The van der Waals surface area contributed by atoms with Crippen molar-refractivity contribution in [3.63, 3.8) is 0 Å². The molecule has 12 heteroatoms. The van der Waals surface area contributed by atoms with Crippen molar-refractivity contribution >= 4 is 28.5 Å². The molecule has 9 nitrogen and oxygen atoms in total.